The number of nitrogens with zero attached hydrogens (tertiary/aromatic N) is 4. The van der Waals surface area contributed by atoms with Crippen molar-refractivity contribution in [1.82, 2.24) is 19.7 Å². The highest BCUT2D eigenvalue weighted by molar-refractivity contribution is 7.12. The summed E-state index contributed by atoms with van der Waals surface area (Å²) in [6.45, 7) is 9.19. The molecule has 0 radical (unpaired) electrons. The van der Waals surface area contributed by atoms with Crippen LogP contribution < -0.4 is 0 Å². The van der Waals surface area contributed by atoms with E-state index in [4.69, 9.17) is 10.1 Å². The Kier molecular flexibility index (Phi) is 6.04. The molecule has 1 aliphatic rings. The fraction of sp³-hybridized carbons (Fsp3) is 0.458. The SMILES string of the molecule is CC[C@H]1CCCCN1C(=O)Cc1c(C)nn(-c2nc(-c3ccc(C)cc3)cs2)c1C. The van der Waals surface area contributed by atoms with Gasteiger partial charge >= 0.3 is 0 Å². The molecule has 30 heavy (non-hydrogen) atoms. The Labute approximate surface area is 182 Å². The Morgan fingerprint density at radius 1 is 1.17 bits per heavy atom. The molecule has 2 aromatic heterocycles. The maximum atomic E-state index is 13.1. The van der Waals surface area contributed by atoms with Crippen molar-refractivity contribution in [2.45, 2.75) is 65.8 Å². The first kappa shape index (κ1) is 20.8. The number of likely N-dealkylation sites (tertiary alicyclic amines) is 1. The zero-order chi connectivity index (χ0) is 21.3. The van der Waals surface area contributed by atoms with E-state index in [1.165, 1.54) is 12.0 Å². The van der Waals surface area contributed by atoms with Crippen molar-refractivity contribution < 1.29 is 4.79 Å². The first-order chi connectivity index (χ1) is 14.5. The van der Waals surface area contributed by atoms with Crippen LogP contribution in [0.4, 0.5) is 0 Å². The second-order valence-electron chi connectivity index (χ2n) is 8.26. The number of hydrogen-bond acceptors (Lipinski definition) is 4. The second kappa shape index (κ2) is 8.72. The molecule has 1 saturated heterocycles. The number of carbonyl (C=O) groups excluding carboxylic acids is 1. The molecular weight excluding hydrogens is 392 g/mol. The normalized spacial score (nSPS) is 16.8. The fourth-order valence-electron chi connectivity index (χ4n) is 4.34. The van der Waals surface area contributed by atoms with E-state index in [1.54, 1.807) is 11.3 Å². The largest absolute Gasteiger partial charge is 0.339 e. The fourth-order valence-corrected chi connectivity index (χ4v) is 5.18. The first-order valence-corrected chi connectivity index (χ1v) is 11.7. The lowest BCUT2D eigenvalue weighted by molar-refractivity contribution is -0.134. The third-order valence-corrected chi connectivity index (χ3v) is 7.02. The lowest BCUT2D eigenvalue weighted by Crippen LogP contribution is -2.44. The number of amides is 1. The summed E-state index contributed by atoms with van der Waals surface area (Å²) in [5.74, 6) is 0.229. The van der Waals surface area contributed by atoms with Crippen LogP contribution >= 0.6 is 11.3 Å². The van der Waals surface area contributed by atoms with E-state index in [9.17, 15) is 4.79 Å². The highest BCUT2D eigenvalue weighted by atomic mass is 32.1. The summed E-state index contributed by atoms with van der Waals surface area (Å²) < 4.78 is 1.90. The van der Waals surface area contributed by atoms with E-state index in [0.717, 1.165) is 59.1 Å². The number of thiazole rings is 1. The average molecular weight is 423 g/mol. The van der Waals surface area contributed by atoms with Crippen LogP contribution in [-0.4, -0.2) is 38.2 Å². The summed E-state index contributed by atoms with van der Waals surface area (Å²) in [4.78, 5) is 20.0. The summed E-state index contributed by atoms with van der Waals surface area (Å²) >= 11 is 1.58. The minimum Gasteiger partial charge on any atom is -0.339 e. The number of hydrogen-bond donors (Lipinski definition) is 0. The van der Waals surface area contributed by atoms with Gasteiger partial charge in [0.1, 0.15) is 0 Å². The van der Waals surface area contributed by atoms with Gasteiger partial charge in [-0.1, -0.05) is 36.8 Å². The summed E-state index contributed by atoms with van der Waals surface area (Å²) in [5, 5.41) is 7.64. The third kappa shape index (κ3) is 4.06. The van der Waals surface area contributed by atoms with Crippen molar-refractivity contribution >= 4 is 17.2 Å². The lowest BCUT2D eigenvalue weighted by Gasteiger charge is -2.35. The Morgan fingerprint density at radius 3 is 2.67 bits per heavy atom. The van der Waals surface area contributed by atoms with E-state index >= 15 is 0 Å². The smallest absolute Gasteiger partial charge is 0.227 e. The molecule has 3 aromatic rings. The van der Waals surface area contributed by atoms with Gasteiger partial charge in [-0.15, -0.1) is 11.3 Å². The van der Waals surface area contributed by atoms with Crippen LogP contribution in [0, 0.1) is 20.8 Å². The molecule has 0 N–H and O–H groups in total. The van der Waals surface area contributed by atoms with Gasteiger partial charge in [-0.3, -0.25) is 4.79 Å². The molecule has 1 aromatic carbocycles. The van der Waals surface area contributed by atoms with E-state index in [1.807, 2.05) is 18.5 Å². The zero-order valence-electron chi connectivity index (χ0n) is 18.3. The molecule has 1 fully saturated rings. The Bertz CT molecular complexity index is 1030. The molecule has 0 saturated carbocycles. The number of benzene rings is 1. The Balaban J connectivity index is 1.57. The molecule has 3 heterocycles. The molecule has 0 spiro atoms. The van der Waals surface area contributed by atoms with E-state index in [2.05, 4.69) is 48.4 Å². The Hall–Kier alpha value is -2.47. The van der Waals surface area contributed by atoms with E-state index in [0.29, 0.717) is 12.5 Å². The summed E-state index contributed by atoms with van der Waals surface area (Å²) in [6.07, 6.45) is 4.92. The number of aryl methyl sites for hydroxylation is 2. The summed E-state index contributed by atoms with van der Waals surface area (Å²) in [5.41, 5.74) is 6.26. The van der Waals surface area contributed by atoms with Gasteiger partial charge in [0.2, 0.25) is 11.0 Å². The quantitative estimate of drug-likeness (QED) is 0.564. The van der Waals surface area contributed by atoms with Crippen LogP contribution in [0.1, 0.15) is 55.1 Å². The predicted octanol–water partition coefficient (Wildman–Crippen LogP) is 5.25. The molecule has 0 unspecified atom stereocenters. The maximum Gasteiger partial charge on any atom is 0.227 e. The molecule has 1 atom stereocenters. The van der Waals surface area contributed by atoms with Gasteiger partial charge in [-0.05, 0) is 46.5 Å². The first-order valence-electron chi connectivity index (χ1n) is 10.9. The molecule has 0 bridgehead atoms. The highest BCUT2D eigenvalue weighted by Crippen LogP contribution is 2.27. The summed E-state index contributed by atoms with van der Waals surface area (Å²) in [6, 6.07) is 8.79. The van der Waals surface area contributed by atoms with Gasteiger partial charge in [-0.2, -0.15) is 5.10 Å². The van der Waals surface area contributed by atoms with Gasteiger partial charge in [0, 0.05) is 34.8 Å². The van der Waals surface area contributed by atoms with Crippen molar-refractivity contribution in [2.75, 3.05) is 6.54 Å². The third-order valence-electron chi connectivity index (χ3n) is 6.21. The van der Waals surface area contributed by atoms with Crippen LogP contribution in [0.2, 0.25) is 0 Å². The minimum absolute atomic E-state index is 0.229. The lowest BCUT2D eigenvalue weighted by atomic mass is 9.98. The van der Waals surface area contributed by atoms with Crippen molar-refractivity contribution in [3.63, 3.8) is 0 Å². The van der Waals surface area contributed by atoms with Gasteiger partial charge < -0.3 is 4.90 Å². The Morgan fingerprint density at radius 2 is 1.93 bits per heavy atom. The van der Waals surface area contributed by atoms with Crippen molar-refractivity contribution in [1.29, 1.82) is 0 Å². The van der Waals surface area contributed by atoms with Crippen LogP contribution in [-0.2, 0) is 11.2 Å². The monoisotopic (exact) mass is 422 g/mol. The van der Waals surface area contributed by atoms with Crippen molar-refractivity contribution in [2.24, 2.45) is 0 Å². The van der Waals surface area contributed by atoms with Crippen molar-refractivity contribution in [3.05, 3.63) is 52.2 Å². The topological polar surface area (TPSA) is 51.0 Å². The number of carbonyl (C=O) groups is 1. The standard InChI is InChI=1S/C24H30N4OS/c1-5-20-8-6-7-13-27(20)23(29)14-21-17(3)26-28(18(21)4)24-25-22(15-30-24)19-11-9-16(2)10-12-19/h9-12,15,20H,5-8,13-14H2,1-4H3/t20-/m0/s1. The molecule has 5 nitrogen and oxygen atoms in total. The number of rotatable bonds is 5. The maximum absolute atomic E-state index is 13.1. The molecule has 6 heteroatoms. The minimum atomic E-state index is 0.229. The molecular formula is C24H30N4OS. The van der Waals surface area contributed by atoms with Gasteiger partial charge in [-0.25, -0.2) is 9.67 Å². The van der Waals surface area contributed by atoms with E-state index in [-0.39, 0.29) is 5.91 Å². The molecule has 158 valence electrons. The average Bonchev–Trinajstić information content (AvgIpc) is 3.34. The molecule has 1 aliphatic heterocycles. The predicted molar refractivity (Wildman–Crippen MR) is 122 cm³/mol. The zero-order valence-corrected chi connectivity index (χ0v) is 19.1. The van der Waals surface area contributed by atoms with Crippen LogP contribution in [0.5, 0.6) is 0 Å². The highest BCUT2D eigenvalue weighted by Gasteiger charge is 2.27. The van der Waals surface area contributed by atoms with Crippen LogP contribution in [0.15, 0.2) is 29.6 Å². The van der Waals surface area contributed by atoms with Crippen molar-refractivity contribution in [3.8, 4) is 16.4 Å². The van der Waals surface area contributed by atoms with Gasteiger partial charge in [0.15, 0.2) is 0 Å². The van der Waals surface area contributed by atoms with Gasteiger partial charge in [0.05, 0.1) is 17.8 Å². The molecule has 1 amide bonds. The number of piperidine rings is 1. The second-order valence-corrected chi connectivity index (χ2v) is 9.10. The van der Waals surface area contributed by atoms with E-state index < -0.39 is 0 Å². The molecule has 0 aliphatic carbocycles. The van der Waals surface area contributed by atoms with Crippen LogP contribution in [0.25, 0.3) is 16.4 Å². The number of aromatic nitrogens is 3. The summed E-state index contributed by atoms with van der Waals surface area (Å²) in [7, 11) is 0. The molecule has 4 rings (SSSR count). The van der Waals surface area contributed by atoms with Crippen LogP contribution in [0.3, 0.4) is 0 Å². The van der Waals surface area contributed by atoms with Gasteiger partial charge in [0.25, 0.3) is 0 Å².